The van der Waals surface area contributed by atoms with Gasteiger partial charge in [0.05, 0.1) is 108 Å². The molecule has 14 aromatic rings. The highest BCUT2D eigenvalue weighted by atomic mass is 35.5. The van der Waals surface area contributed by atoms with E-state index in [0.717, 1.165) is 11.1 Å². The van der Waals surface area contributed by atoms with Gasteiger partial charge in [0.1, 0.15) is 57.5 Å². The Morgan fingerprint density at radius 1 is 0.356 bits per heavy atom. The van der Waals surface area contributed by atoms with Gasteiger partial charge in [0, 0.05) is 75.6 Å². The zero-order valence-electron chi connectivity index (χ0n) is 64.4. The lowest BCUT2D eigenvalue weighted by Gasteiger charge is -2.20. The Labute approximate surface area is 681 Å². The number of amides is 6. The summed E-state index contributed by atoms with van der Waals surface area (Å²) in [5, 5.41) is 86.5. The number of hydrogen-bond acceptors (Lipinski definition) is 20. The number of fused-ring (bicyclic) bond motifs is 4. The first-order chi connectivity index (χ1) is 56.9. The Bertz CT molecular complexity index is 6180. The molecule has 0 radical (unpaired) electrons. The Kier molecular flexibility index (Phi) is 28.1. The van der Waals surface area contributed by atoms with Crippen molar-refractivity contribution in [2.75, 3.05) is 91.7 Å². The molecule has 594 valence electrons. The number of ether oxygens (including phenoxy) is 5. The predicted octanol–water partition coefficient (Wildman–Crippen LogP) is 18.4. The van der Waals surface area contributed by atoms with E-state index in [0.29, 0.717) is 117 Å². The van der Waals surface area contributed by atoms with Gasteiger partial charge >= 0.3 is 11.5 Å². The molecule has 118 heavy (non-hydrogen) atoms. The number of nitrogen functional groups attached to an aromatic ring is 1. The molecule has 14 aromatic carbocycles. The largest absolute Gasteiger partial charge is 0.508 e. The smallest absolute Gasteiger partial charge is 0.419 e. The van der Waals surface area contributed by atoms with Crippen molar-refractivity contribution in [3.8, 4) is 69.6 Å². The quantitative estimate of drug-likeness (QED) is 0.0243. The van der Waals surface area contributed by atoms with Crippen molar-refractivity contribution >= 4 is 135 Å². The number of nitrogens with two attached hydrogens (primary N) is 1. The summed E-state index contributed by atoms with van der Waals surface area (Å²) in [7, 11) is 11.0. The van der Waals surface area contributed by atoms with Gasteiger partial charge in [0.15, 0.2) is 0 Å². The Balaban J connectivity index is 0.000000162. The fourth-order valence-electron chi connectivity index (χ4n) is 12.1. The number of carbonyl (C=O) groups excluding carboxylic acids is 6. The summed E-state index contributed by atoms with van der Waals surface area (Å²) >= 11 is 5.55. The molecule has 0 aliphatic carbocycles. The number of anilines is 8. The molecule has 6 amide bonds. The van der Waals surface area contributed by atoms with Gasteiger partial charge in [-0.05, 0) is 157 Å². The number of nitriles is 2. The van der Waals surface area contributed by atoms with E-state index >= 15 is 0 Å². The van der Waals surface area contributed by atoms with E-state index in [9.17, 15) is 49.2 Å². The third-order valence-electron chi connectivity index (χ3n) is 18.2. The number of rotatable bonds is 16. The lowest BCUT2D eigenvalue weighted by atomic mass is 10.0. The Morgan fingerprint density at radius 2 is 0.661 bits per heavy atom. The van der Waals surface area contributed by atoms with Crippen molar-refractivity contribution in [3.05, 3.63) is 300 Å². The fraction of sp³-hybridized carbons (Fsp3) is 0.0769. The number of para-hydroxylation sites is 8. The highest BCUT2D eigenvalue weighted by molar-refractivity contribution is 6.66. The lowest BCUT2D eigenvalue weighted by Crippen LogP contribution is -2.29. The molecule has 0 saturated heterocycles. The molecule has 0 unspecified atom stereocenters. The minimum absolute atomic E-state index is 0.0444. The summed E-state index contributed by atoms with van der Waals surface area (Å²) in [6, 6.07) is 78.2. The summed E-state index contributed by atoms with van der Waals surface area (Å²) < 4.78 is 26.3. The Morgan fingerprint density at radius 3 is 1.02 bits per heavy atom. The van der Waals surface area contributed by atoms with Crippen LogP contribution in [0.15, 0.2) is 267 Å². The van der Waals surface area contributed by atoms with E-state index < -0.39 is 35.1 Å². The van der Waals surface area contributed by atoms with Gasteiger partial charge in [-0.25, -0.2) is 4.79 Å². The van der Waals surface area contributed by atoms with Crippen molar-refractivity contribution < 1.29 is 78.0 Å². The normalized spacial score (nSPS) is 10.3. The molecule has 27 heteroatoms. The van der Waals surface area contributed by atoms with E-state index in [4.69, 9.17) is 56.6 Å². The van der Waals surface area contributed by atoms with Gasteiger partial charge < -0.3 is 86.4 Å². The molecular weight excluding hydrogens is 1520 g/mol. The van der Waals surface area contributed by atoms with E-state index in [1.165, 1.54) is 81.7 Å². The van der Waals surface area contributed by atoms with Crippen molar-refractivity contribution in [1.82, 2.24) is 0 Å². The molecule has 0 aliphatic heterocycles. The standard InChI is InChI=1S/C27H21N3O5.C20H17ClN2O4.C19H18N2O3.C18H16N2O3.C7H5NO/c1-30(27(33)35-18-12-10-17(16-28)11-13-18)23-8-5-6-20-19(23)14-15-21(25(20)31)26(32)29-22-7-3-4-9-24(22)34-2;1-23(20(21)26)16-8-5-6-13-12(16)10-11-14(18(13)24)19(25)22-15-7-3-4-9-17(15)27-2;1-20-15-8-5-6-13-12(15)10-11-14(18(13)22)19(23)21-16-7-3-4-9-17(16)24-2;1-23-16-8-3-2-7-15(16)20-18(22)13-10-9-11-12(17(13)21)5-4-6-14(11)19;8-5-6-1-3-7(9)4-2-6/h3-15,31H,1-2H3,(H,29,32);3-11,24H,1-2H3,(H,22,25);3-11,20,22H,1-2H3,(H,21,23);2-10,21H,19H2,1H3,(H,20,22);1-4,9H. The molecule has 0 atom stereocenters. The van der Waals surface area contributed by atoms with Crippen LogP contribution in [-0.2, 0) is 0 Å². The van der Waals surface area contributed by atoms with Gasteiger partial charge in [-0.15, -0.1) is 0 Å². The molecule has 0 aromatic heterocycles. The number of nitrogens with one attached hydrogen (secondary N) is 5. The summed E-state index contributed by atoms with van der Waals surface area (Å²) in [4.78, 5) is 77.3. The van der Waals surface area contributed by atoms with Crippen molar-refractivity contribution in [2.24, 2.45) is 0 Å². The first kappa shape index (κ1) is 84.3. The van der Waals surface area contributed by atoms with E-state index in [1.807, 2.05) is 49.5 Å². The second kappa shape index (κ2) is 39.3. The van der Waals surface area contributed by atoms with Crippen LogP contribution in [-0.4, -0.2) is 110 Å². The van der Waals surface area contributed by atoms with Gasteiger partial charge in [-0.3, -0.25) is 28.9 Å². The third kappa shape index (κ3) is 19.8. The molecule has 0 spiro atoms. The minimum atomic E-state index is -0.653. The summed E-state index contributed by atoms with van der Waals surface area (Å²) in [6.07, 6.45) is -0.653. The number of phenols is 5. The first-order valence-corrected chi connectivity index (χ1v) is 36.1. The van der Waals surface area contributed by atoms with E-state index in [2.05, 4.69) is 26.6 Å². The van der Waals surface area contributed by atoms with Crippen molar-refractivity contribution in [3.63, 3.8) is 0 Å². The molecule has 0 heterocycles. The maximum atomic E-state index is 12.9. The predicted molar refractivity (Wildman–Crippen MR) is 458 cm³/mol. The van der Waals surface area contributed by atoms with E-state index in [1.54, 1.807) is 207 Å². The van der Waals surface area contributed by atoms with Crippen LogP contribution in [0, 0.1) is 22.7 Å². The zero-order chi connectivity index (χ0) is 84.7. The Hall–Kier alpha value is -16.2. The molecule has 12 N–H and O–H groups in total. The van der Waals surface area contributed by atoms with E-state index in [-0.39, 0.29) is 51.0 Å². The number of nitrogens with zero attached hydrogens (tertiary/aromatic N) is 4. The number of carbonyl (C=O) groups is 6. The van der Waals surface area contributed by atoms with Gasteiger partial charge in [-0.2, -0.15) is 10.5 Å². The molecular formula is C91H77ClN10O16. The topological polar surface area (TPSA) is 390 Å². The molecule has 14 rings (SSSR count). The zero-order valence-corrected chi connectivity index (χ0v) is 65.1. The van der Waals surface area contributed by atoms with Gasteiger partial charge in [0.25, 0.3) is 23.6 Å². The van der Waals surface area contributed by atoms with Crippen LogP contribution in [0.3, 0.4) is 0 Å². The number of aromatic hydroxyl groups is 5. The fourth-order valence-corrected chi connectivity index (χ4v) is 12.2. The highest BCUT2D eigenvalue weighted by Gasteiger charge is 2.24. The van der Waals surface area contributed by atoms with Crippen molar-refractivity contribution in [2.45, 2.75) is 0 Å². The molecule has 0 fully saturated rings. The van der Waals surface area contributed by atoms with Crippen LogP contribution in [0.5, 0.6) is 57.5 Å². The second-order valence-electron chi connectivity index (χ2n) is 25.3. The van der Waals surface area contributed by atoms with Crippen LogP contribution in [0.25, 0.3) is 43.1 Å². The number of halogens is 1. The van der Waals surface area contributed by atoms with Crippen LogP contribution >= 0.6 is 11.6 Å². The maximum absolute atomic E-state index is 12.9. The lowest BCUT2D eigenvalue weighted by molar-refractivity contribution is 0.101. The minimum Gasteiger partial charge on any atom is -0.508 e. The second-order valence-corrected chi connectivity index (χ2v) is 25.7. The molecule has 26 nitrogen and oxygen atoms in total. The number of phenolic OH excluding ortho intramolecular Hbond substituents is 5. The number of methoxy groups -OCH3 is 4. The summed E-state index contributed by atoms with van der Waals surface area (Å²) in [6.45, 7) is 0. The average Bonchev–Trinajstić information content (AvgIpc) is 0.787. The van der Waals surface area contributed by atoms with Crippen LogP contribution in [0.2, 0.25) is 0 Å². The highest BCUT2D eigenvalue weighted by Crippen LogP contribution is 2.40. The third-order valence-corrected chi connectivity index (χ3v) is 18.5. The first-order valence-electron chi connectivity index (χ1n) is 35.7. The van der Waals surface area contributed by atoms with Crippen molar-refractivity contribution in [1.29, 1.82) is 10.5 Å². The summed E-state index contributed by atoms with van der Waals surface area (Å²) in [5.74, 6) is 0.245. The molecule has 0 bridgehead atoms. The average molecular weight is 1600 g/mol. The van der Waals surface area contributed by atoms with Crippen LogP contribution in [0.1, 0.15) is 52.6 Å². The number of benzene rings is 14. The summed E-state index contributed by atoms with van der Waals surface area (Å²) in [5.41, 5.74) is 12.0. The number of hydrogen-bond donors (Lipinski definition) is 11. The molecule has 0 saturated carbocycles. The van der Waals surface area contributed by atoms with Gasteiger partial charge in [-0.1, -0.05) is 121 Å². The molecule has 0 aliphatic rings. The maximum Gasteiger partial charge on any atom is 0.419 e. The monoisotopic (exact) mass is 1600 g/mol. The SMILES string of the molecule is CNc1cccc2c(O)c(C(=O)Nc3ccccc3OC)ccc12.COc1ccccc1NC(=O)c1ccc2c(N(C)C(=O)Cl)cccc2c1O.COc1ccccc1NC(=O)c1ccc2c(N(C)C(=O)Oc3ccc(C#N)cc3)cccc2c1O.COc1ccccc1NC(=O)c1ccc2c(N)cccc2c1O.N#Cc1ccc(O)cc1. The van der Waals surface area contributed by atoms with Crippen LogP contribution < -0.4 is 65.8 Å². The van der Waals surface area contributed by atoms with Gasteiger partial charge in [0.2, 0.25) is 0 Å². The van der Waals surface area contributed by atoms with Crippen LogP contribution in [0.4, 0.5) is 55.1 Å².